The van der Waals surface area contributed by atoms with Crippen LogP contribution < -0.4 is 14.8 Å². The van der Waals surface area contributed by atoms with Crippen LogP contribution in [0.4, 0.5) is 5.69 Å². The molecule has 1 saturated carbocycles. The Morgan fingerprint density at radius 3 is 2.85 bits per heavy atom. The zero-order valence-corrected chi connectivity index (χ0v) is 15.5. The molecule has 7 nitrogen and oxygen atoms in total. The summed E-state index contributed by atoms with van der Waals surface area (Å²) in [6, 6.07) is 6.33. The van der Waals surface area contributed by atoms with Gasteiger partial charge in [0.1, 0.15) is 22.2 Å². The second-order valence-corrected chi connectivity index (χ2v) is 8.71. The van der Waals surface area contributed by atoms with E-state index in [-0.39, 0.29) is 34.7 Å². The molecule has 0 bridgehead atoms. The first-order valence-electron chi connectivity index (χ1n) is 8.18. The molecule has 0 radical (unpaired) electrons. The van der Waals surface area contributed by atoms with Crippen LogP contribution in [0.2, 0.25) is 5.02 Å². The second kappa shape index (κ2) is 6.29. The van der Waals surface area contributed by atoms with Crippen molar-refractivity contribution in [3.63, 3.8) is 0 Å². The van der Waals surface area contributed by atoms with Gasteiger partial charge in [0.15, 0.2) is 6.61 Å². The summed E-state index contributed by atoms with van der Waals surface area (Å²) in [6.07, 6.45) is 1.10. The highest BCUT2D eigenvalue weighted by atomic mass is 35.5. The lowest BCUT2D eigenvalue weighted by Crippen LogP contribution is -2.27. The third-order valence-electron chi connectivity index (χ3n) is 4.55. The molecule has 2 unspecified atom stereocenters. The van der Waals surface area contributed by atoms with Gasteiger partial charge in [-0.05, 0) is 30.5 Å². The molecule has 0 spiro atoms. The van der Waals surface area contributed by atoms with Crippen LogP contribution in [0.25, 0.3) is 0 Å². The Balaban J connectivity index is 1.51. The van der Waals surface area contributed by atoms with Crippen molar-refractivity contribution >= 4 is 33.2 Å². The molecule has 1 amide bonds. The van der Waals surface area contributed by atoms with Crippen LogP contribution in [0, 0.1) is 5.92 Å². The molecule has 2 aromatic rings. The number of hydrogen-bond donors (Lipinski definition) is 2. The number of rotatable bonds is 5. The highest BCUT2D eigenvalue weighted by molar-refractivity contribution is 7.89. The zero-order chi connectivity index (χ0) is 18.5. The quantitative estimate of drug-likeness (QED) is 0.809. The van der Waals surface area contributed by atoms with E-state index in [1.807, 2.05) is 6.07 Å². The van der Waals surface area contributed by atoms with Crippen LogP contribution in [0.15, 0.2) is 33.6 Å². The van der Waals surface area contributed by atoms with E-state index in [0.29, 0.717) is 23.3 Å². The minimum atomic E-state index is -3.88. The zero-order valence-electron chi connectivity index (χ0n) is 13.9. The SMILES string of the molecule is CC1CC1c1ccc(CNS(=O)(=O)c2cc3c(cc2Cl)NC(=O)CO3)o1. The Labute approximate surface area is 155 Å². The molecule has 1 aromatic carbocycles. The first-order chi connectivity index (χ1) is 12.3. The van der Waals surface area contributed by atoms with Crippen LogP contribution in [0.5, 0.6) is 5.75 Å². The molecule has 1 fully saturated rings. The van der Waals surface area contributed by atoms with Gasteiger partial charge in [0.2, 0.25) is 10.0 Å². The van der Waals surface area contributed by atoms with Gasteiger partial charge in [-0.25, -0.2) is 13.1 Å². The smallest absolute Gasteiger partial charge is 0.262 e. The highest BCUT2D eigenvalue weighted by Gasteiger charge is 2.36. The van der Waals surface area contributed by atoms with Crippen molar-refractivity contribution in [3.8, 4) is 5.75 Å². The second-order valence-electron chi connectivity index (χ2n) is 6.56. The maximum atomic E-state index is 12.6. The summed E-state index contributed by atoms with van der Waals surface area (Å²) in [6.45, 7) is 2.00. The molecule has 2 atom stereocenters. The largest absolute Gasteiger partial charge is 0.482 e. The first kappa shape index (κ1) is 17.4. The van der Waals surface area contributed by atoms with Crippen molar-refractivity contribution in [3.05, 3.63) is 40.8 Å². The number of furan rings is 1. The Morgan fingerprint density at radius 2 is 2.12 bits per heavy atom. The van der Waals surface area contributed by atoms with Crippen molar-refractivity contribution < 1.29 is 22.4 Å². The fourth-order valence-corrected chi connectivity index (χ4v) is 4.47. The van der Waals surface area contributed by atoms with Crippen molar-refractivity contribution in [2.45, 2.75) is 30.7 Å². The summed E-state index contributed by atoms with van der Waals surface area (Å²) in [5.74, 6) is 2.42. The third kappa shape index (κ3) is 3.32. The average Bonchev–Trinajstić information content (AvgIpc) is 3.13. The lowest BCUT2D eigenvalue weighted by molar-refractivity contribution is -0.118. The van der Waals surface area contributed by atoms with Gasteiger partial charge in [0.25, 0.3) is 5.91 Å². The van der Waals surface area contributed by atoms with E-state index < -0.39 is 10.0 Å². The number of carbonyl (C=O) groups excluding carboxylic acids is 1. The van der Waals surface area contributed by atoms with E-state index in [0.717, 1.165) is 12.2 Å². The number of fused-ring (bicyclic) bond motifs is 1. The lowest BCUT2D eigenvalue weighted by Gasteiger charge is -2.19. The molecule has 26 heavy (non-hydrogen) atoms. The molecule has 2 N–H and O–H groups in total. The van der Waals surface area contributed by atoms with Gasteiger partial charge in [0.05, 0.1) is 17.3 Å². The number of ether oxygens (including phenoxy) is 1. The van der Waals surface area contributed by atoms with Crippen LogP contribution in [-0.2, 0) is 21.4 Å². The van der Waals surface area contributed by atoms with Crippen molar-refractivity contribution in [2.75, 3.05) is 11.9 Å². The van der Waals surface area contributed by atoms with Gasteiger partial charge < -0.3 is 14.5 Å². The van der Waals surface area contributed by atoms with E-state index in [9.17, 15) is 13.2 Å². The van der Waals surface area contributed by atoms with Gasteiger partial charge in [-0.2, -0.15) is 0 Å². The monoisotopic (exact) mass is 396 g/mol. The van der Waals surface area contributed by atoms with Gasteiger partial charge in [-0.15, -0.1) is 0 Å². The minimum Gasteiger partial charge on any atom is -0.482 e. The first-order valence-corrected chi connectivity index (χ1v) is 10.0. The molecular weight excluding hydrogens is 380 g/mol. The molecular formula is C17H17ClN2O5S. The van der Waals surface area contributed by atoms with Crippen molar-refractivity contribution in [1.29, 1.82) is 0 Å². The molecule has 138 valence electrons. The predicted molar refractivity (Wildman–Crippen MR) is 94.8 cm³/mol. The topological polar surface area (TPSA) is 97.6 Å². The summed E-state index contributed by atoms with van der Waals surface area (Å²) in [4.78, 5) is 11.2. The number of carbonyl (C=O) groups is 1. The summed E-state index contributed by atoms with van der Waals surface area (Å²) in [5.41, 5.74) is 0.347. The Hall–Kier alpha value is -2.03. The molecule has 1 aromatic heterocycles. The van der Waals surface area contributed by atoms with Crippen LogP contribution in [0.3, 0.4) is 0 Å². The molecule has 2 heterocycles. The maximum absolute atomic E-state index is 12.6. The number of anilines is 1. The van der Waals surface area contributed by atoms with E-state index >= 15 is 0 Å². The maximum Gasteiger partial charge on any atom is 0.262 e. The fourth-order valence-electron chi connectivity index (χ4n) is 2.94. The van der Waals surface area contributed by atoms with Crippen LogP contribution in [-0.4, -0.2) is 20.9 Å². The fraction of sp³-hybridized carbons (Fsp3) is 0.353. The van der Waals surface area contributed by atoms with Crippen molar-refractivity contribution in [2.24, 2.45) is 5.92 Å². The lowest BCUT2D eigenvalue weighted by atomic mass is 10.2. The number of sulfonamides is 1. The van der Waals surface area contributed by atoms with Crippen molar-refractivity contribution in [1.82, 2.24) is 4.72 Å². The van der Waals surface area contributed by atoms with Gasteiger partial charge >= 0.3 is 0 Å². The van der Waals surface area contributed by atoms with Crippen LogP contribution in [0.1, 0.15) is 30.8 Å². The number of amides is 1. The van der Waals surface area contributed by atoms with E-state index in [2.05, 4.69) is 17.0 Å². The van der Waals surface area contributed by atoms with Gasteiger partial charge in [-0.3, -0.25) is 4.79 Å². The molecule has 1 aliphatic heterocycles. The van der Waals surface area contributed by atoms with E-state index in [4.69, 9.17) is 20.8 Å². The van der Waals surface area contributed by atoms with Crippen LogP contribution >= 0.6 is 11.6 Å². The molecule has 4 rings (SSSR count). The summed E-state index contributed by atoms with van der Waals surface area (Å²) >= 11 is 6.10. The molecule has 1 aliphatic carbocycles. The molecule has 2 aliphatic rings. The molecule has 0 saturated heterocycles. The van der Waals surface area contributed by atoms with Gasteiger partial charge in [0, 0.05) is 12.0 Å². The minimum absolute atomic E-state index is 0.00557. The standard InChI is InChI=1S/C17H17ClN2O5S/c1-9-4-11(9)14-3-2-10(25-14)7-19-26(22,23)16-6-15-13(5-12(16)18)20-17(21)8-24-15/h2-3,5-6,9,11,19H,4,7-8H2,1H3,(H,20,21). The normalized spacial score (nSPS) is 21.7. The number of hydrogen-bond acceptors (Lipinski definition) is 5. The summed E-state index contributed by atoms with van der Waals surface area (Å²) in [7, 11) is -3.88. The average molecular weight is 397 g/mol. The third-order valence-corrected chi connectivity index (χ3v) is 6.42. The Morgan fingerprint density at radius 1 is 1.35 bits per heavy atom. The number of nitrogens with one attached hydrogen (secondary N) is 2. The summed E-state index contributed by atoms with van der Waals surface area (Å²) in [5, 5.41) is 2.58. The predicted octanol–water partition coefficient (Wildman–Crippen LogP) is 2.87. The highest BCUT2D eigenvalue weighted by Crippen LogP contribution is 2.47. The van der Waals surface area contributed by atoms with E-state index in [1.54, 1.807) is 6.07 Å². The van der Waals surface area contributed by atoms with Gasteiger partial charge in [-0.1, -0.05) is 18.5 Å². The Kier molecular flexibility index (Phi) is 4.21. The number of benzene rings is 1. The van der Waals surface area contributed by atoms with E-state index in [1.165, 1.54) is 12.1 Å². The molecule has 9 heteroatoms. The Bertz CT molecular complexity index is 985. The summed E-state index contributed by atoms with van der Waals surface area (Å²) < 4.78 is 38.7. The number of halogens is 1.